The summed E-state index contributed by atoms with van der Waals surface area (Å²) in [6.07, 6.45) is 5.90. The Morgan fingerprint density at radius 1 is 1.11 bits per heavy atom. The van der Waals surface area contributed by atoms with E-state index in [1.165, 1.54) is 0 Å². The van der Waals surface area contributed by atoms with Crippen LogP contribution in [0.5, 0.6) is 0 Å². The van der Waals surface area contributed by atoms with Crippen LogP contribution in [0.1, 0.15) is 27.3 Å². The van der Waals surface area contributed by atoms with Gasteiger partial charge in [0.1, 0.15) is 0 Å². The van der Waals surface area contributed by atoms with Crippen LogP contribution in [0.15, 0.2) is 54.7 Å². The van der Waals surface area contributed by atoms with Gasteiger partial charge in [0.15, 0.2) is 0 Å². The van der Waals surface area contributed by atoms with E-state index in [0.29, 0.717) is 16.6 Å². The number of aromatic carboxylic acids is 1. The number of carbonyl (C=O) groups is 1. The molecule has 5 nitrogen and oxygen atoms in total. The Kier molecular flexibility index (Phi) is 5.26. The maximum atomic E-state index is 11.6. The van der Waals surface area contributed by atoms with Gasteiger partial charge in [0.25, 0.3) is 0 Å². The molecule has 0 saturated heterocycles. The lowest BCUT2D eigenvalue weighted by Gasteiger charge is -2.03. The third kappa shape index (κ3) is 3.43. The first-order chi connectivity index (χ1) is 12.7. The number of carboxylic acids is 1. The maximum absolute atomic E-state index is 11.6. The molecule has 27 heavy (non-hydrogen) atoms. The molecular weight excluding hydrogens is 362 g/mol. The molecule has 0 amide bonds. The molecule has 4 rings (SSSR count). The highest BCUT2D eigenvalue weighted by Crippen LogP contribution is 2.30. The first-order valence-corrected chi connectivity index (χ1v) is 8.27. The summed E-state index contributed by atoms with van der Waals surface area (Å²) < 4.78 is 0. The summed E-state index contributed by atoms with van der Waals surface area (Å²) in [7, 11) is 0. The van der Waals surface area contributed by atoms with Crippen LogP contribution >= 0.6 is 12.4 Å². The van der Waals surface area contributed by atoms with Crippen molar-refractivity contribution in [3.05, 3.63) is 77.2 Å². The number of fused-ring (bicyclic) bond motifs is 3. The number of nitrogens with zero attached hydrogens (tertiary/aromatic N) is 1. The van der Waals surface area contributed by atoms with Gasteiger partial charge in [-0.25, -0.2) is 9.78 Å². The molecule has 0 saturated carbocycles. The van der Waals surface area contributed by atoms with Gasteiger partial charge in [0.05, 0.1) is 16.8 Å². The van der Waals surface area contributed by atoms with E-state index in [9.17, 15) is 9.90 Å². The summed E-state index contributed by atoms with van der Waals surface area (Å²) in [5.41, 5.74) is 8.98. The number of aromatic amines is 1. The van der Waals surface area contributed by atoms with Crippen LogP contribution in [-0.4, -0.2) is 21.0 Å². The Morgan fingerprint density at radius 3 is 2.59 bits per heavy atom. The van der Waals surface area contributed by atoms with E-state index in [4.69, 9.17) is 5.73 Å². The third-order valence-corrected chi connectivity index (χ3v) is 4.41. The van der Waals surface area contributed by atoms with Crippen molar-refractivity contribution in [1.82, 2.24) is 9.97 Å². The summed E-state index contributed by atoms with van der Waals surface area (Å²) in [5.74, 6) is -1.00. The SMILES string of the molecule is Cl.NCc1nc2c(ccc3c[nH]c(/C=C/c4ccccc4)cc32)c1C(=O)O. The second kappa shape index (κ2) is 7.61. The zero-order valence-electron chi connectivity index (χ0n) is 14.3. The van der Waals surface area contributed by atoms with Gasteiger partial charge in [0, 0.05) is 29.2 Å². The Bertz CT molecular complexity index is 1150. The number of H-pyrrole nitrogens is 1. The van der Waals surface area contributed by atoms with Gasteiger partial charge in [-0.3, -0.25) is 0 Å². The molecule has 0 aliphatic rings. The number of aromatic nitrogens is 2. The smallest absolute Gasteiger partial charge is 0.338 e. The average Bonchev–Trinajstić information content (AvgIpc) is 3.06. The molecule has 2 aromatic carbocycles. The molecule has 4 aromatic rings. The van der Waals surface area contributed by atoms with Gasteiger partial charge in [-0.05, 0) is 23.1 Å². The third-order valence-electron chi connectivity index (χ3n) is 4.41. The Morgan fingerprint density at radius 2 is 1.89 bits per heavy atom. The van der Waals surface area contributed by atoms with Gasteiger partial charge >= 0.3 is 5.97 Å². The summed E-state index contributed by atoms with van der Waals surface area (Å²) >= 11 is 0. The molecule has 136 valence electrons. The molecule has 6 heteroatoms. The molecule has 0 bridgehead atoms. The minimum atomic E-state index is -1.00. The number of carboxylic acid groups (broad SMARTS) is 1. The molecule has 0 fully saturated rings. The van der Waals surface area contributed by atoms with E-state index in [1.807, 2.05) is 60.8 Å². The number of nitrogens with two attached hydrogens (primary N) is 1. The first-order valence-electron chi connectivity index (χ1n) is 8.27. The molecule has 0 aliphatic heterocycles. The Hall–Kier alpha value is -3.15. The van der Waals surface area contributed by atoms with Gasteiger partial charge < -0.3 is 15.8 Å². The molecular formula is C21H18ClN3O2. The molecule has 2 aromatic heterocycles. The number of pyridine rings is 1. The number of hydrogen-bond donors (Lipinski definition) is 3. The lowest BCUT2D eigenvalue weighted by atomic mass is 10.1. The van der Waals surface area contributed by atoms with E-state index >= 15 is 0 Å². The highest BCUT2D eigenvalue weighted by Gasteiger charge is 2.19. The topological polar surface area (TPSA) is 92.0 Å². The zero-order chi connectivity index (χ0) is 18.1. The molecule has 4 N–H and O–H groups in total. The fourth-order valence-electron chi connectivity index (χ4n) is 3.16. The number of rotatable bonds is 4. The van der Waals surface area contributed by atoms with E-state index in [2.05, 4.69) is 9.97 Å². The standard InChI is InChI=1S/C21H17N3O2.ClH/c22-11-18-19(21(25)26)16-9-7-14-12-23-15(10-17(14)20(16)24-18)8-6-13-4-2-1-3-5-13;/h1-10,12,23H,11,22H2,(H,25,26);1H/b8-6+;. The van der Waals surface area contributed by atoms with Crippen molar-refractivity contribution in [2.24, 2.45) is 5.73 Å². The predicted octanol–water partition coefficient (Wildman–Crippen LogP) is 4.47. The van der Waals surface area contributed by atoms with Crippen molar-refractivity contribution >= 4 is 52.2 Å². The Labute approximate surface area is 161 Å². The van der Waals surface area contributed by atoms with Crippen LogP contribution in [-0.2, 0) is 6.54 Å². The van der Waals surface area contributed by atoms with Crippen molar-refractivity contribution < 1.29 is 9.90 Å². The molecule has 0 unspecified atom stereocenters. The fourth-order valence-corrected chi connectivity index (χ4v) is 3.16. The van der Waals surface area contributed by atoms with Crippen LogP contribution < -0.4 is 5.73 Å². The Balaban J connectivity index is 0.00000210. The van der Waals surface area contributed by atoms with Crippen molar-refractivity contribution in [2.75, 3.05) is 0 Å². The summed E-state index contributed by atoms with van der Waals surface area (Å²) in [6, 6.07) is 15.7. The van der Waals surface area contributed by atoms with Gasteiger partial charge in [-0.15, -0.1) is 12.4 Å². The monoisotopic (exact) mass is 379 g/mol. The van der Waals surface area contributed by atoms with E-state index in [0.717, 1.165) is 22.0 Å². The quantitative estimate of drug-likeness (QED) is 0.488. The summed E-state index contributed by atoms with van der Waals surface area (Å²) in [4.78, 5) is 19.4. The fraction of sp³-hybridized carbons (Fsp3) is 0.0476. The van der Waals surface area contributed by atoms with Crippen molar-refractivity contribution in [3.8, 4) is 0 Å². The largest absolute Gasteiger partial charge is 0.478 e. The number of hydrogen-bond acceptors (Lipinski definition) is 3. The number of benzene rings is 2. The number of nitrogens with one attached hydrogen (secondary N) is 1. The van der Waals surface area contributed by atoms with Crippen LogP contribution in [0.2, 0.25) is 0 Å². The van der Waals surface area contributed by atoms with E-state index in [1.54, 1.807) is 6.07 Å². The average molecular weight is 380 g/mol. The molecule has 0 spiro atoms. The van der Waals surface area contributed by atoms with Crippen LogP contribution in [0.4, 0.5) is 0 Å². The van der Waals surface area contributed by atoms with Gasteiger partial charge in [-0.1, -0.05) is 48.5 Å². The van der Waals surface area contributed by atoms with Crippen molar-refractivity contribution in [2.45, 2.75) is 6.54 Å². The second-order valence-corrected chi connectivity index (χ2v) is 6.04. The van der Waals surface area contributed by atoms with Gasteiger partial charge in [0.2, 0.25) is 0 Å². The second-order valence-electron chi connectivity index (χ2n) is 6.04. The summed E-state index contributed by atoms with van der Waals surface area (Å²) in [5, 5.41) is 12.0. The zero-order valence-corrected chi connectivity index (χ0v) is 15.2. The maximum Gasteiger partial charge on any atom is 0.338 e. The summed E-state index contributed by atoms with van der Waals surface area (Å²) in [6.45, 7) is 0.0948. The molecule has 0 atom stereocenters. The number of halogens is 1. The highest BCUT2D eigenvalue weighted by atomic mass is 35.5. The highest BCUT2D eigenvalue weighted by molar-refractivity contribution is 6.13. The minimum Gasteiger partial charge on any atom is -0.478 e. The van der Waals surface area contributed by atoms with Gasteiger partial charge in [-0.2, -0.15) is 0 Å². The van der Waals surface area contributed by atoms with Crippen LogP contribution in [0.25, 0.3) is 33.8 Å². The lowest BCUT2D eigenvalue weighted by molar-refractivity contribution is 0.0698. The van der Waals surface area contributed by atoms with E-state index in [-0.39, 0.29) is 24.5 Å². The minimum absolute atomic E-state index is 0. The van der Waals surface area contributed by atoms with Crippen molar-refractivity contribution in [3.63, 3.8) is 0 Å². The normalized spacial score (nSPS) is 11.1. The predicted molar refractivity (Wildman–Crippen MR) is 111 cm³/mol. The molecule has 2 heterocycles. The van der Waals surface area contributed by atoms with Crippen LogP contribution in [0.3, 0.4) is 0 Å². The van der Waals surface area contributed by atoms with Crippen molar-refractivity contribution in [1.29, 1.82) is 0 Å². The first kappa shape index (κ1) is 18.6. The lowest BCUT2D eigenvalue weighted by Crippen LogP contribution is -2.05. The molecule has 0 aliphatic carbocycles. The van der Waals surface area contributed by atoms with E-state index < -0.39 is 5.97 Å². The molecule has 0 radical (unpaired) electrons. The van der Waals surface area contributed by atoms with Crippen LogP contribution in [0, 0.1) is 0 Å².